The van der Waals surface area contributed by atoms with Crippen molar-refractivity contribution in [3.8, 4) is 0 Å². The summed E-state index contributed by atoms with van der Waals surface area (Å²) in [5, 5.41) is 3.93. The number of carbonyl (C=O) groups excluding carboxylic acids is 1. The van der Waals surface area contributed by atoms with Crippen LogP contribution in [0.15, 0.2) is 41.1 Å². The summed E-state index contributed by atoms with van der Waals surface area (Å²) in [6.07, 6.45) is 5.67. The first kappa shape index (κ1) is 18.0. The molecular weight excluding hydrogens is 406 g/mol. The Labute approximate surface area is 166 Å². The second kappa shape index (κ2) is 7.32. The van der Waals surface area contributed by atoms with E-state index >= 15 is 0 Å². The molecule has 6 nitrogen and oxygen atoms in total. The number of aromatic amines is 1. The highest BCUT2D eigenvalue weighted by Gasteiger charge is 2.24. The van der Waals surface area contributed by atoms with Gasteiger partial charge in [0.15, 0.2) is 0 Å². The van der Waals surface area contributed by atoms with Crippen LogP contribution >= 0.6 is 15.9 Å². The second-order valence-corrected chi connectivity index (χ2v) is 7.90. The predicted octanol–water partition coefficient (Wildman–Crippen LogP) is 3.81. The molecule has 1 amide bonds. The molecule has 1 aromatic carbocycles. The zero-order valence-corrected chi connectivity index (χ0v) is 16.7. The fourth-order valence-electron chi connectivity index (χ4n) is 3.58. The standard InChI is InChI=1S/C20H22BrN5O/c1-12-4-6-13(7-5-12)20(27)25-16-10-24-19-17(16)18(15(21)9-23-19)26-8-2-3-14(22)11-26/h4-7,9-10,14H,2-3,8,11,22H2,1H3,(H,23,24)(H,25,27)/t14-/m1/s1. The van der Waals surface area contributed by atoms with Crippen molar-refractivity contribution in [3.63, 3.8) is 0 Å². The quantitative estimate of drug-likeness (QED) is 0.592. The van der Waals surface area contributed by atoms with Crippen molar-refractivity contribution < 1.29 is 4.79 Å². The number of nitrogens with one attached hydrogen (secondary N) is 2. The van der Waals surface area contributed by atoms with Gasteiger partial charge in [-0.05, 0) is 47.8 Å². The third-order valence-electron chi connectivity index (χ3n) is 4.97. The lowest BCUT2D eigenvalue weighted by Gasteiger charge is -2.33. The first-order valence-corrected chi connectivity index (χ1v) is 9.86. The normalized spacial score (nSPS) is 17.3. The lowest BCUT2D eigenvalue weighted by molar-refractivity contribution is 0.102. The smallest absolute Gasteiger partial charge is 0.255 e. The van der Waals surface area contributed by atoms with E-state index in [9.17, 15) is 4.79 Å². The summed E-state index contributed by atoms with van der Waals surface area (Å²) in [7, 11) is 0. The average Bonchev–Trinajstić information content (AvgIpc) is 3.05. The van der Waals surface area contributed by atoms with Gasteiger partial charge in [0.2, 0.25) is 0 Å². The lowest BCUT2D eigenvalue weighted by Crippen LogP contribution is -2.43. The number of aryl methyl sites for hydroxylation is 1. The molecule has 140 valence electrons. The van der Waals surface area contributed by atoms with Crippen molar-refractivity contribution in [2.45, 2.75) is 25.8 Å². The molecule has 1 aliphatic heterocycles. The van der Waals surface area contributed by atoms with Crippen LogP contribution in [0.2, 0.25) is 0 Å². The topological polar surface area (TPSA) is 87.0 Å². The van der Waals surface area contributed by atoms with Gasteiger partial charge in [0.25, 0.3) is 5.91 Å². The molecule has 0 radical (unpaired) electrons. The Balaban J connectivity index is 1.72. The predicted molar refractivity (Wildman–Crippen MR) is 112 cm³/mol. The Morgan fingerprint density at radius 3 is 2.89 bits per heavy atom. The van der Waals surface area contributed by atoms with E-state index in [0.29, 0.717) is 5.56 Å². The molecule has 0 bridgehead atoms. The second-order valence-electron chi connectivity index (χ2n) is 7.05. The van der Waals surface area contributed by atoms with E-state index in [0.717, 1.165) is 58.4 Å². The molecule has 3 heterocycles. The van der Waals surface area contributed by atoms with Crippen LogP contribution in [-0.2, 0) is 0 Å². The van der Waals surface area contributed by atoms with Crippen molar-refractivity contribution in [1.29, 1.82) is 0 Å². The number of pyridine rings is 1. The van der Waals surface area contributed by atoms with Crippen molar-refractivity contribution >= 4 is 44.2 Å². The molecular formula is C20H22BrN5O. The summed E-state index contributed by atoms with van der Waals surface area (Å²) in [6, 6.07) is 7.68. The fourth-order valence-corrected chi connectivity index (χ4v) is 4.13. The van der Waals surface area contributed by atoms with E-state index in [-0.39, 0.29) is 11.9 Å². The zero-order chi connectivity index (χ0) is 19.0. The van der Waals surface area contributed by atoms with Gasteiger partial charge in [-0.2, -0.15) is 0 Å². The van der Waals surface area contributed by atoms with Gasteiger partial charge >= 0.3 is 0 Å². The Morgan fingerprint density at radius 2 is 2.15 bits per heavy atom. The monoisotopic (exact) mass is 427 g/mol. The number of anilines is 2. The minimum atomic E-state index is -0.142. The molecule has 27 heavy (non-hydrogen) atoms. The molecule has 1 atom stereocenters. The van der Waals surface area contributed by atoms with Crippen molar-refractivity contribution in [3.05, 3.63) is 52.3 Å². The minimum Gasteiger partial charge on any atom is -0.368 e. The van der Waals surface area contributed by atoms with Crippen molar-refractivity contribution in [2.75, 3.05) is 23.3 Å². The zero-order valence-electron chi connectivity index (χ0n) is 15.1. The molecule has 4 N–H and O–H groups in total. The number of hydrogen-bond donors (Lipinski definition) is 3. The molecule has 0 aliphatic carbocycles. The maximum atomic E-state index is 12.7. The van der Waals surface area contributed by atoms with Gasteiger partial charge in [-0.25, -0.2) is 4.98 Å². The number of carbonyl (C=O) groups is 1. The van der Waals surface area contributed by atoms with Gasteiger partial charge in [-0.1, -0.05) is 17.7 Å². The Bertz CT molecular complexity index is 982. The third-order valence-corrected chi connectivity index (χ3v) is 5.55. The van der Waals surface area contributed by atoms with E-state index in [2.05, 4.69) is 36.1 Å². The number of aromatic nitrogens is 2. The van der Waals surface area contributed by atoms with Gasteiger partial charge in [0, 0.05) is 37.1 Å². The molecule has 3 aromatic rings. The molecule has 0 spiro atoms. The SMILES string of the molecule is Cc1ccc(C(=O)Nc2c[nH]c3ncc(Br)c(N4CCC[C@@H](N)C4)c23)cc1. The number of hydrogen-bond acceptors (Lipinski definition) is 4. The van der Waals surface area contributed by atoms with Crippen LogP contribution < -0.4 is 16.0 Å². The summed E-state index contributed by atoms with van der Waals surface area (Å²) in [4.78, 5) is 22.6. The van der Waals surface area contributed by atoms with Crippen LogP contribution in [-0.4, -0.2) is 35.0 Å². The van der Waals surface area contributed by atoms with Crippen LogP contribution in [0.5, 0.6) is 0 Å². The molecule has 1 aliphatic rings. The number of nitrogens with two attached hydrogens (primary N) is 1. The molecule has 1 saturated heterocycles. The minimum absolute atomic E-state index is 0.142. The summed E-state index contributed by atoms with van der Waals surface area (Å²) in [5.41, 5.74) is 10.4. The van der Waals surface area contributed by atoms with Gasteiger partial charge in [-0.15, -0.1) is 0 Å². The van der Waals surface area contributed by atoms with Crippen molar-refractivity contribution in [1.82, 2.24) is 9.97 Å². The Hall–Kier alpha value is -2.38. The highest BCUT2D eigenvalue weighted by Crippen LogP contribution is 2.38. The number of halogens is 1. The number of rotatable bonds is 3. The number of benzene rings is 1. The first-order chi connectivity index (χ1) is 13.0. The summed E-state index contributed by atoms with van der Waals surface area (Å²) < 4.78 is 0.898. The van der Waals surface area contributed by atoms with E-state index in [1.165, 1.54) is 0 Å². The first-order valence-electron chi connectivity index (χ1n) is 9.07. The van der Waals surface area contributed by atoms with Crippen LogP contribution in [0.4, 0.5) is 11.4 Å². The third kappa shape index (κ3) is 3.57. The number of fused-ring (bicyclic) bond motifs is 1. The number of H-pyrrole nitrogens is 1. The number of nitrogens with zero attached hydrogens (tertiary/aromatic N) is 2. The van der Waals surface area contributed by atoms with E-state index in [1.807, 2.05) is 31.2 Å². The molecule has 2 aromatic heterocycles. The van der Waals surface area contributed by atoms with Crippen LogP contribution in [0.3, 0.4) is 0 Å². The maximum Gasteiger partial charge on any atom is 0.255 e. The molecule has 1 fully saturated rings. The highest BCUT2D eigenvalue weighted by atomic mass is 79.9. The molecule has 0 unspecified atom stereocenters. The van der Waals surface area contributed by atoms with Gasteiger partial charge < -0.3 is 20.9 Å². The van der Waals surface area contributed by atoms with Crippen molar-refractivity contribution in [2.24, 2.45) is 5.73 Å². The lowest BCUT2D eigenvalue weighted by atomic mass is 10.1. The van der Waals surface area contributed by atoms with Crippen LogP contribution in [0.1, 0.15) is 28.8 Å². The Morgan fingerprint density at radius 1 is 1.37 bits per heavy atom. The number of piperidine rings is 1. The van der Waals surface area contributed by atoms with E-state index in [1.54, 1.807) is 12.4 Å². The summed E-state index contributed by atoms with van der Waals surface area (Å²) in [6.45, 7) is 3.72. The Kier molecular flexibility index (Phi) is 4.88. The van der Waals surface area contributed by atoms with Crippen LogP contribution in [0, 0.1) is 6.92 Å². The molecule has 4 rings (SSSR count). The van der Waals surface area contributed by atoms with E-state index in [4.69, 9.17) is 5.73 Å². The largest absolute Gasteiger partial charge is 0.368 e. The van der Waals surface area contributed by atoms with Gasteiger partial charge in [-0.3, -0.25) is 4.79 Å². The van der Waals surface area contributed by atoms with Gasteiger partial charge in [0.05, 0.1) is 21.2 Å². The highest BCUT2D eigenvalue weighted by molar-refractivity contribution is 9.10. The number of amides is 1. The summed E-state index contributed by atoms with van der Waals surface area (Å²) in [5.74, 6) is -0.142. The van der Waals surface area contributed by atoms with E-state index < -0.39 is 0 Å². The fraction of sp³-hybridized carbons (Fsp3) is 0.300. The van der Waals surface area contributed by atoms with Crippen LogP contribution in [0.25, 0.3) is 11.0 Å². The average molecular weight is 428 g/mol. The molecule has 7 heteroatoms. The van der Waals surface area contributed by atoms with Gasteiger partial charge in [0.1, 0.15) is 5.65 Å². The summed E-state index contributed by atoms with van der Waals surface area (Å²) >= 11 is 3.64. The molecule has 0 saturated carbocycles. The maximum absolute atomic E-state index is 12.7.